The number of nitrogens with zero attached hydrogens (tertiary/aromatic N) is 3. The molecule has 0 spiro atoms. The second kappa shape index (κ2) is 7.31. The van der Waals surface area contributed by atoms with Crippen molar-refractivity contribution in [1.29, 1.82) is 0 Å². The normalized spacial score (nSPS) is 10.8. The monoisotopic (exact) mass is 340 g/mol. The fourth-order valence-electron chi connectivity index (χ4n) is 3.03. The summed E-state index contributed by atoms with van der Waals surface area (Å²) < 4.78 is 0. The second-order valence-electron chi connectivity index (χ2n) is 6.28. The van der Waals surface area contributed by atoms with Gasteiger partial charge in [0.25, 0.3) is 0 Å². The lowest BCUT2D eigenvalue weighted by molar-refractivity contribution is 0.945. The minimum atomic E-state index is 0.650. The predicted octanol–water partition coefficient (Wildman–Crippen LogP) is 4.65. The highest BCUT2D eigenvalue weighted by molar-refractivity contribution is 5.85. The molecule has 0 aliphatic heterocycles. The van der Waals surface area contributed by atoms with Crippen LogP contribution in [0.2, 0.25) is 0 Å². The van der Waals surface area contributed by atoms with Crippen LogP contribution in [0.5, 0.6) is 0 Å². The number of aryl methyl sites for hydroxylation is 1. The van der Waals surface area contributed by atoms with Crippen LogP contribution in [-0.4, -0.2) is 21.5 Å². The summed E-state index contributed by atoms with van der Waals surface area (Å²) in [6, 6.07) is 20.7. The van der Waals surface area contributed by atoms with E-state index in [0.29, 0.717) is 5.95 Å². The topological polar surface area (TPSA) is 50.7 Å². The summed E-state index contributed by atoms with van der Waals surface area (Å²) in [5.41, 5.74) is 5.70. The summed E-state index contributed by atoms with van der Waals surface area (Å²) >= 11 is 0. The standard InChI is InChI=1S/C22H20N4/c1-16-6-2-3-8-20(16)17-9-10-21-18(14-17)15-25-22(26-21)24-13-11-19-7-4-5-12-23-19/h2-10,12,14-15H,11,13H2,1H3,(H,24,25,26). The third-order valence-corrected chi connectivity index (χ3v) is 4.43. The molecule has 0 aliphatic rings. The van der Waals surface area contributed by atoms with Crippen molar-refractivity contribution in [1.82, 2.24) is 15.0 Å². The van der Waals surface area contributed by atoms with E-state index >= 15 is 0 Å². The van der Waals surface area contributed by atoms with Crippen LogP contribution >= 0.6 is 0 Å². The van der Waals surface area contributed by atoms with Gasteiger partial charge in [0.05, 0.1) is 5.52 Å². The Bertz CT molecular complexity index is 1030. The zero-order valence-electron chi connectivity index (χ0n) is 14.7. The second-order valence-corrected chi connectivity index (χ2v) is 6.28. The Kier molecular flexibility index (Phi) is 4.56. The molecular formula is C22H20N4. The van der Waals surface area contributed by atoms with Crippen LogP contribution in [-0.2, 0) is 6.42 Å². The van der Waals surface area contributed by atoms with E-state index in [0.717, 1.165) is 29.6 Å². The van der Waals surface area contributed by atoms with E-state index in [1.807, 2.05) is 30.6 Å². The summed E-state index contributed by atoms with van der Waals surface area (Å²) in [5, 5.41) is 4.32. The van der Waals surface area contributed by atoms with E-state index in [1.54, 1.807) is 0 Å². The summed E-state index contributed by atoms with van der Waals surface area (Å²) in [4.78, 5) is 13.4. The fourth-order valence-corrected chi connectivity index (χ4v) is 3.03. The lowest BCUT2D eigenvalue weighted by Gasteiger charge is -2.08. The molecule has 4 heteroatoms. The molecule has 2 heterocycles. The van der Waals surface area contributed by atoms with Gasteiger partial charge >= 0.3 is 0 Å². The van der Waals surface area contributed by atoms with Gasteiger partial charge in [-0.3, -0.25) is 4.98 Å². The highest BCUT2D eigenvalue weighted by Gasteiger charge is 2.05. The van der Waals surface area contributed by atoms with E-state index in [9.17, 15) is 0 Å². The van der Waals surface area contributed by atoms with E-state index in [-0.39, 0.29) is 0 Å². The average Bonchev–Trinajstić information content (AvgIpc) is 2.69. The van der Waals surface area contributed by atoms with Gasteiger partial charge in [0.15, 0.2) is 0 Å². The number of hydrogen-bond donors (Lipinski definition) is 1. The van der Waals surface area contributed by atoms with Crippen molar-refractivity contribution >= 4 is 16.9 Å². The highest BCUT2D eigenvalue weighted by Crippen LogP contribution is 2.26. The molecule has 1 N–H and O–H groups in total. The molecule has 4 nitrogen and oxygen atoms in total. The lowest BCUT2D eigenvalue weighted by atomic mass is 9.99. The molecule has 0 unspecified atom stereocenters. The van der Waals surface area contributed by atoms with Crippen LogP contribution in [0.15, 0.2) is 73.1 Å². The first-order valence-electron chi connectivity index (χ1n) is 8.76. The third-order valence-electron chi connectivity index (χ3n) is 4.43. The molecule has 0 fully saturated rings. The molecule has 26 heavy (non-hydrogen) atoms. The third kappa shape index (κ3) is 3.54. The predicted molar refractivity (Wildman–Crippen MR) is 106 cm³/mol. The number of pyridine rings is 1. The van der Waals surface area contributed by atoms with Gasteiger partial charge < -0.3 is 5.32 Å². The molecular weight excluding hydrogens is 320 g/mol. The molecule has 0 radical (unpaired) electrons. The Labute approximate surface area is 153 Å². The van der Waals surface area contributed by atoms with Gasteiger partial charge in [-0.25, -0.2) is 9.97 Å². The van der Waals surface area contributed by atoms with E-state index in [1.165, 1.54) is 16.7 Å². The Balaban J connectivity index is 1.51. The maximum absolute atomic E-state index is 4.62. The molecule has 0 aliphatic carbocycles. The maximum Gasteiger partial charge on any atom is 0.223 e. The molecule has 0 amide bonds. The molecule has 4 aromatic rings. The molecule has 0 saturated heterocycles. The minimum absolute atomic E-state index is 0.650. The average molecular weight is 340 g/mol. The summed E-state index contributed by atoms with van der Waals surface area (Å²) in [7, 11) is 0. The molecule has 2 aromatic heterocycles. The van der Waals surface area contributed by atoms with Crippen LogP contribution in [0.3, 0.4) is 0 Å². The van der Waals surface area contributed by atoms with Gasteiger partial charge in [0, 0.05) is 36.4 Å². The largest absolute Gasteiger partial charge is 0.354 e. The van der Waals surface area contributed by atoms with Crippen molar-refractivity contribution in [2.75, 3.05) is 11.9 Å². The van der Waals surface area contributed by atoms with Crippen LogP contribution in [0, 0.1) is 6.92 Å². The Morgan fingerprint density at radius 1 is 0.923 bits per heavy atom. The van der Waals surface area contributed by atoms with Crippen LogP contribution in [0.4, 0.5) is 5.95 Å². The fraction of sp³-hybridized carbons (Fsp3) is 0.136. The molecule has 128 valence electrons. The Morgan fingerprint density at radius 3 is 2.65 bits per heavy atom. The van der Waals surface area contributed by atoms with Crippen LogP contribution < -0.4 is 5.32 Å². The zero-order chi connectivity index (χ0) is 17.8. The van der Waals surface area contributed by atoms with Gasteiger partial charge in [0.1, 0.15) is 0 Å². The number of nitrogens with one attached hydrogen (secondary N) is 1. The molecule has 0 saturated carbocycles. The van der Waals surface area contributed by atoms with Crippen molar-refractivity contribution in [3.05, 3.63) is 84.3 Å². The van der Waals surface area contributed by atoms with Crippen molar-refractivity contribution in [2.24, 2.45) is 0 Å². The maximum atomic E-state index is 4.62. The van der Waals surface area contributed by atoms with Crippen molar-refractivity contribution in [2.45, 2.75) is 13.3 Å². The summed E-state index contributed by atoms with van der Waals surface area (Å²) in [6.07, 6.45) is 4.54. The molecule has 4 rings (SSSR count). The van der Waals surface area contributed by atoms with E-state index in [2.05, 4.69) is 69.7 Å². The highest BCUT2D eigenvalue weighted by atomic mass is 15.1. The van der Waals surface area contributed by atoms with E-state index < -0.39 is 0 Å². The van der Waals surface area contributed by atoms with Crippen LogP contribution in [0.25, 0.3) is 22.0 Å². The molecule has 0 atom stereocenters. The van der Waals surface area contributed by atoms with Gasteiger partial charge in [-0.05, 0) is 47.9 Å². The van der Waals surface area contributed by atoms with E-state index in [4.69, 9.17) is 0 Å². The summed E-state index contributed by atoms with van der Waals surface area (Å²) in [6.45, 7) is 2.88. The van der Waals surface area contributed by atoms with Crippen molar-refractivity contribution in [3.63, 3.8) is 0 Å². The first kappa shape index (κ1) is 16.2. The summed E-state index contributed by atoms with van der Waals surface area (Å²) in [5.74, 6) is 0.650. The smallest absolute Gasteiger partial charge is 0.223 e. The molecule has 0 bridgehead atoms. The van der Waals surface area contributed by atoms with Gasteiger partial charge in [-0.2, -0.15) is 0 Å². The Hall–Kier alpha value is -3.27. The van der Waals surface area contributed by atoms with Crippen molar-refractivity contribution in [3.8, 4) is 11.1 Å². The molecule has 2 aromatic carbocycles. The first-order chi connectivity index (χ1) is 12.8. The number of hydrogen-bond acceptors (Lipinski definition) is 4. The SMILES string of the molecule is Cc1ccccc1-c1ccc2nc(NCCc3ccccn3)ncc2c1. The van der Waals surface area contributed by atoms with Gasteiger partial charge in [-0.1, -0.05) is 36.4 Å². The number of benzene rings is 2. The first-order valence-corrected chi connectivity index (χ1v) is 8.76. The number of aromatic nitrogens is 3. The lowest BCUT2D eigenvalue weighted by Crippen LogP contribution is -2.08. The zero-order valence-corrected chi connectivity index (χ0v) is 14.7. The van der Waals surface area contributed by atoms with Crippen LogP contribution in [0.1, 0.15) is 11.3 Å². The number of fused-ring (bicyclic) bond motifs is 1. The Morgan fingerprint density at radius 2 is 1.81 bits per heavy atom. The van der Waals surface area contributed by atoms with Crippen molar-refractivity contribution < 1.29 is 0 Å². The minimum Gasteiger partial charge on any atom is -0.354 e. The van der Waals surface area contributed by atoms with Gasteiger partial charge in [-0.15, -0.1) is 0 Å². The number of rotatable bonds is 5. The van der Waals surface area contributed by atoms with Gasteiger partial charge in [0.2, 0.25) is 5.95 Å². The number of anilines is 1. The quantitative estimate of drug-likeness (QED) is 0.574.